The number of hydrogen-bond acceptors (Lipinski definition) is 5. The highest BCUT2D eigenvalue weighted by atomic mass is 16.5. The Morgan fingerprint density at radius 2 is 2.07 bits per heavy atom. The summed E-state index contributed by atoms with van der Waals surface area (Å²) in [5, 5.41) is 13.4. The van der Waals surface area contributed by atoms with E-state index in [0.29, 0.717) is 24.5 Å². The predicted molar refractivity (Wildman–Crippen MR) is 108 cm³/mol. The van der Waals surface area contributed by atoms with Gasteiger partial charge in [-0.25, -0.2) is 4.68 Å². The molecule has 3 aromatic rings. The van der Waals surface area contributed by atoms with Gasteiger partial charge in [0, 0.05) is 7.11 Å². The molecular formula is C20H29N7O2+2. The first kappa shape index (κ1) is 19.7. The number of piperazine rings is 1. The van der Waals surface area contributed by atoms with Gasteiger partial charge in [0.25, 0.3) is 5.56 Å². The normalized spacial score (nSPS) is 20.8. The van der Waals surface area contributed by atoms with E-state index < -0.39 is 0 Å². The number of nitrogens with zero attached hydrogens (tertiary/aromatic N) is 4. The predicted octanol–water partition coefficient (Wildman–Crippen LogP) is -2.03. The maximum absolute atomic E-state index is 13.2. The van der Waals surface area contributed by atoms with Gasteiger partial charge in [-0.1, -0.05) is 18.2 Å². The van der Waals surface area contributed by atoms with Gasteiger partial charge in [0.05, 0.1) is 31.3 Å². The van der Waals surface area contributed by atoms with Crippen LogP contribution in [0.4, 0.5) is 0 Å². The number of pyridine rings is 1. The molecule has 0 unspecified atom stereocenters. The van der Waals surface area contributed by atoms with Crippen LogP contribution < -0.4 is 15.4 Å². The summed E-state index contributed by atoms with van der Waals surface area (Å²) in [5.74, 6) is 0.717. The number of benzene rings is 1. The third-order valence-electron chi connectivity index (χ3n) is 5.91. The van der Waals surface area contributed by atoms with Gasteiger partial charge < -0.3 is 19.5 Å². The van der Waals surface area contributed by atoms with Crippen LogP contribution in [0.25, 0.3) is 10.9 Å². The van der Waals surface area contributed by atoms with E-state index in [9.17, 15) is 4.79 Å². The number of fused-ring (bicyclic) bond motifs is 1. The highest BCUT2D eigenvalue weighted by Crippen LogP contribution is 2.20. The van der Waals surface area contributed by atoms with Crippen molar-refractivity contribution in [1.29, 1.82) is 0 Å². The Morgan fingerprint density at radius 1 is 1.28 bits per heavy atom. The zero-order chi connectivity index (χ0) is 20.4. The molecule has 9 nitrogen and oxygen atoms in total. The van der Waals surface area contributed by atoms with Crippen LogP contribution in [0.5, 0.6) is 0 Å². The van der Waals surface area contributed by atoms with Crippen molar-refractivity contribution in [3.63, 3.8) is 0 Å². The maximum atomic E-state index is 13.2. The van der Waals surface area contributed by atoms with Gasteiger partial charge in [0.15, 0.2) is 6.04 Å². The van der Waals surface area contributed by atoms with Crippen LogP contribution in [0.1, 0.15) is 23.0 Å². The van der Waals surface area contributed by atoms with Gasteiger partial charge in [-0.3, -0.25) is 4.79 Å². The van der Waals surface area contributed by atoms with Crippen LogP contribution >= 0.6 is 0 Å². The SMILES string of the molecule is COCCn1nnnc1[C@@H](c1cc2cccc(C)c2[nH]c1=O)[NH+]1CC[NH+](C)CC1. The minimum atomic E-state index is -0.219. The summed E-state index contributed by atoms with van der Waals surface area (Å²) in [6.07, 6.45) is 0. The van der Waals surface area contributed by atoms with Crippen molar-refractivity contribution >= 4 is 10.9 Å². The average Bonchev–Trinajstić information content (AvgIpc) is 3.17. The molecule has 1 aliphatic heterocycles. The van der Waals surface area contributed by atoms with Crippen LogP contribution in [0.2, 0.25) is 0 Å². The molecule has 1 fully saturated rings. The molecule has 4 rings (SSSR count). The van der Waals surface area contributed by atoms with Crippen LogP contribution in [0.3, 0.4) is 0 Å². The number of methoxy groups -OCH3 is 1. The maximum Gasteiger partial charge on any atom is 0.258 e. The molecule has 1 saturated heterocycles. The molecule has 0 saturated carbocycles. The average molecular weight is 399 g/mol. The molecule has 1 aliphatic rings. The van der Waals surface area contributed by atoms with E-state index in [0.717, 1.165) is 42.6 Å². The summed E-state index contributed by atoms with van der Waals surface area (Å²) < 4.78 is 6.99. The first-order valence-electron chi connectivity index (χ1n) is 10.1. The molecule has 3 heterocycles. The number of aromatic nitrogens is 5. The van der Waals surface area contributed by atoms with Gasteiger partial charge in [-0.15, -0.1) is 5.10 Å². The second-order valence-electron chi connectivity index (χ2n) is 7.89. The molecule has 0 bridgehead atoms. The highest BCUT2D eigenvalue weighted by molar-refractivity contribution is 5.82. The molecule has 0 aliphatic carbocycles. The third-order valence-corrected chi connectivity index (χ3v) is 5.91. The van der Waals surface area contributed by atoms with Gasteiger partial charge in [-0.05, 0) is 34.4 Å². The molecule has 0 spiro atoms. The number of H-pyrrole nitrogens is 1. The van der Waals surface area contributed by atoms with E-state index in [4.69, 9.17) is 4.74 Å². The van der Waals surface area contributed by atoms with Crippen molar-refractivity contribution in [2.45, 2.75) is 19.5 Å². The monoisotopic (exact) mass is 399 g/mol. The quantitative estimate of drug-likeness (QED) is 0.445. The molecule has 29 heavy (non-hydrogen) atoms. The standard InChI is InChI=1S/C20H27N7O2/c1-14-5-4-6-15-13-16(20(28)21-17(14)15)18(26-9-7-25(2)8-10-26)19-22-23-24-27(19)11-12-29-3/h4-6,13,18H,7-12H2,1-3H3,(H,21,28)/p+2/t18-/m1/s1. The molecule has 9 heteroatoms. The van der Waals surface area contributed by atoms with E-state index in [-0.39, 0.29) is 11.6 Å². The number of rotatable bonds is 6. The van der Waals surface area contributed by atoms with Crippen molar-refractivity contribution in [1.82, 2.24) is 25.2 Å². The second-order valence-corrected chi connectivity index (χ2v) is 7.89. The van der Waals surface area contributed by atoms with E-state index in [1.54, 1.807) is 11.8 Å². The summed E-state index contributed by atoms with van der Waals surface area (Å²) in [4.78, 5) is 19.1. The summed E-state index contributed by atoms with van der Waals surface area (Å²) in [5.41, 5.74) is 2.59. The zero-order valence-corrected chi connectivity index (χ0v) is 17.2. The second kappa shape index (κ2) is 8.40. The van der Waals surface area contributed by atoms with E-state index in [1.165, 1.54) is 9.80 Å². The van der Waals surface area contributed by atoms with Crippen molar-refractivity contribution in [2.75, 3.05) is 46.9 Å². The molecule has 0 amide bonds. The zero-order valence-electron chi connectivity index (χ0n) is 17.2. The fraction of sp³-hybridized carbons (Fsp3) is 0.500. The molecule has 154 valence electrons. The van der Waals surface area contributed by atoms with E-state index in [2.05, 4.69) is 27.6 Å². The van der Waals surface area contributed by atoms with Crippen LogP contribution in [-0.4, -0.2) is 72.1 Å². The topological polar surface area (TPSA) is 94.6 Å². The fourth-order valence-corrected chi connectivity index (χ4v) is 4.20. The van der Waals surface area contributed by atoms with Crippen molar-refractivity contribution in [3.8, 4) is 0 Å². The van der Waals surface area contributed by atoms with Crippen LogP contribution in [0, 0.1) is 6.92 Å². The highest BCUT2D eigenvalue weighted by Gasteiger charge is 2.36. The Balaban J connectivity index is 1.83. The number of para-hydroxylation sites is 1. The van der Waals surface area contributed by atoms with Gasteiger partial charge in [-0.2, -0.15) is 0 Å². The number of aryl methyl sites for hydroxylation is 1. The number of ether oxygens (including phenoxy) is 1. The lowest BCUT2D eigenvalue weighted by atomic mass is 10.0. The van der Waals surface area contributed by atoms with E-state index in [1.807, 2.05) is 31.2 Å². The number of nitrogens with one attached hydrogen (secondary N) is 3. The van der Waals surface area contributed by atoms with Crippen molar-refractivity contribution < 1.29 is 14.5 Å². The Morgan fingerprint density at radius 3 is 2.83 bits per heavy atom. The molecule has 1 aromatic carbocycles. The van der Waals surface area contributed by atoms with Gasteiger partial charge in [0.2, 0.25) is 5.82 Å². The number of hydrogen-bond donors (Lipinski definition) is 3. The van der Waals surface area contributed by atoms with Crippen LogP contribution in [0.15, 0.2) is 29.1 Å². The van der Waals surface area contributed by atoms with Crippen LogP contribution in [-0.2, 0) is 11.3 Å². The minimum absolute atomic E-state index is 0.0723. The third kappa shape index (κ3) is 3.93. The molecule has 0 radical (unpaired) electrons. The Bertz CT molecular complexity index is 1040. The summed E-state index contributed by atoms with van der Waals surface area (Å²) in [7, 11) is 3.87. The first-order valence-corrected chi connectivity index (χ1v) is 10.1. The van der Waals surface area contributed by atoms with Gasteiger partial charge in [0.1, 0.15) is 26.2 Å². The molecular weight excluding hydrogens is 370 g/mol. The lowest BCUT2D eigenvalue weighted by Crippen LogP contribution is -3.27. The summed E-state index contributed by atoms with van der Waals surface area (Å²) in [6, 6.07) is 7.86. The number of quaternary nitrogens is 2. The van der Waals surface area contributed by atoms with E-state index >= 15 is 0 Å². The Labute approximate surface area is 169 Å². The Kier molecular flexibility index (Phi) is 5.70. The van der Waals surface area contributed by atoms with Crippen molar-refractivity contribution in [3.05, 3.63) is 51.6 Å². The first-order chi connectivity index (χ1) is 14.1. The van der Waals surface area contributed by atoms with Crippen molar-refractivity contribution in [2.24, 2.45) is 0 Å². The number of tetrazole rings is 1. The Hall–Kier alpha value is -2.62. The summed E-state index contributed by atoms with van der Waals surface area (Å²) in [6.45, 7) is 7.10. The fourth-order valence-electron chi connectivity index (χ4n) is 4.20. The lowest BCUT2D eigenvalue weighted by molar-refractivity contribution is -1.02. The van der Waals surface area contributed by atoms with Gasteiger partial charge >= 0.3 is 0 Å². The largest absolute Gasteiger partial charge is 0.383 e. The lowest BCUT2D eigenvalue weighted by Gasteiger charge is -2.32. The molecule has 3 N–H and O–H groups in total. The molecule has 1 atom stereocenters. The number of aromatic amines is 1. The minimum Gasteiger partial charge on any atom is -0.383 e. The summed E-state index contributed by atoms with van der Waals surface area (Å²) >= 11 is 0. The number of likely N-dealkylation sites (N-methyl/N-ethyl adjacent to an activating group) is 1. The molecule has 2 aromatic heterocycles. The smallest absolute Gasteiger partial charge is 0.258 e.